The second kappa shape index (κ2) is 9.40. The summed E-state index contributed by atoms with van der Waals surface area (Å²) in [5.74, 6) is -1.45. The lowest BCUT2D eigenvalue weighted by molar-refractivity contribution is -0.136. The molecule has 0 bridgehead atoms. The Morgan fingerprint density at radius 2 is 1.45 bits per heavy atom. The lowest BCUT2D eigenvalue weighted by atomic mass is 9.98. The summed E-state index contributed by atoms with van der Waals surface area (Å²) in [5, 5.41) is 4.97. The first-order chi connectivity index (χ1) is 16.0. The molecule has 0 fully saturated rings. The number of benzene rings is 3. The molecule has 0 unspecified atom stereocenters. The Hall–Kier alpha value is -4.39. The van der Waals surface area contributed by atoms with Crippen molar-refractivity contribution in [3.63, 3.8) is 0 Å². The van der Waals surface area contributed by atoms with E-state index in [1.165, 1.54) is 13.2 Å². The first-order valence-electron chi connectivity index (χ1n) is 10.3. The molecule has 1 aliphatic carbocycles. The lowest BCUT2D eigenvalue weighted by Crippen LogP contribution is -2.28. The molecule has 0 radical (unpaired) electrons. The summed E-state index contributed by atoms with van der Waals surface area (Å²) in [5.41, 5.74) is 4.66. The van der Waals surface area contributed by atoms with Crippen molar-refractivity contribution in [2.75, 3.05) is 19.0 Å². The van der Waals surface area contributed by atoms with Crippen LogP contribution in [0, 0.1) is 0 Å². The molecule has 0 aromatic heterocycles. The number of carbonyl (C=O) groups is 3. The average molecular weight is 442 g/mol. The zero-order chi connectivity index (χ0) is 23.4. The minimum absolute atomic E-state index is 0.0786. The largest absolute Gasteiger partial charge is 0.464 e. The summed E-state index contributed by atoms with van der Waals surface area (Å²) in [6.07, 6.45) is -0.691. The Bertz CT molecular complexity index is 1210. The van der Waals surface area contributed by atoms with Crippen LogP contribution in [0.3, 0.4) is 0 Å². The monoisotopic (exact) mass is 442 g/mol. The molecule has 0 spiro atoms. The van der Waals surface area contributed by atoms with Crippen LogP contribution in [0.1, 0.15) is 27.4 Å². The van der Waals surface area contributed by atoms with Gasteiger partial charge in [0.2, 0.25) is 0 Å². The van der Waals surface area contributed by atoms with E-state index in [0.717, 1.165) is 22.3 Å². The van der Waals surface area contributed by atoms with Crippen LogP contribution in [0.5, 0.6) is 0 Å². The highest BCUT2D eigenvalue weighted by molar-refractivity contribution is 6.06. The van der Waals surface area contributed by atoms with Crippen molar-refractivity contribution in [3.05, 3.63) is 102 Å². The van der Waals surface area contributed by atoms with E-state index in [9.17, 15) is 14.4 Å². The average Bonchev–Trinajstić information content (AvgIpc) is 3.16. The maximum atomic E-state index is 12.6. The Morgan fingerprint density at radius 3 is 2.09 bits per heavy atom. The van der Waals surface area contributed by atoms with Gasteiger partial charge in [-0.3, -0.25) is 10.1 Å². The van der Waals surface area contributed by atoms with E-state index in [1.807, 2.05) is 36.4 Å². The van der Waals surface area contributed by atoms with Crippen LogP contribution in [0.25, 0.3) is 11.1 Å². The van der Waals surface area contributed by atoms with Crippen molar-refractivity contribution >= 4 is 23.7 Å². The maximum Gasteiger partial charge on any atom is 0.411 e. The predicted octanol–water partition coefficient (Wildman–Crippen LogP) is 4.46. The molecular weight excluding hydrogens is 420 g/mol. The van der Waals surface area contributed by atoms with Crippen LogP contribution in [0.4, 0.5) is 10.5 Å². The number of hydrogen-bond donors (Lipinski definition) is 2. The molecule has 166 valence electrons. The normalized spacial score (nSPS) is 11.7. The molecule has 0 atom stereocenters. The minimum Gasteiger partial charge on any atom is -0.464 e. The van der Waals surface area contributed by atoms with Gasteiger partial charge in [0.15, 0.2) is 0 Å². The number of para-hydroxylation sites is 1. The van der Waals surface area contributed by atoms with Crippen molar-refractivity contribution in [3.8, 4) is 11.1 Å². The van der Waals surface area contributed by atoms with Crippen LogP contribution < -0.4 is 10.6 Å². The highest BCUT2D eigenvalue weighted by atomic mass is 16.5. The Balaban J connectivity index is 1.45. The topological polar surface area (TPSA) is 93.7 Å². The van der Waals surface area contributed by atoms with E-state index >= 15 is 0 Å². The number of nitrogens with one attached hydrogen (secondary N) is 2. The Labute approximate surface area is 191 Å². The predicted molar refractivity (Wildman–Crippen MR) is 124 cm³/mol. The summed E-state index contributed by atoms with van der Waals surface area (Å²) >= 11 is 0. The van der Waals surface area contributed by atoms with Gasteiger partial charge in [-0.05, 0) is 34.4 Å². The maximum absolute atomic E-state index is 12.6. The number of hydrogen-bond acceptors (Lipinski definition) is 5. The van der Waals surface area contributed by atoms with Gasteiger partial charge in [-0.15, -0.1) is 0 Å². The third-order valence-electron chi connectivity index (χ3n) is 5.45. The molecule has 0 saturated heterocycles. The van der Waals surface area contributed by atoms with Crippen molar-refractivity contribution in [2.45, 2.75) is 5.92 Å². The Morgan fingerprint density at radius 1 is 0.879 bits per heavy atom. The van der Waals surface area contributed by atoms with Crippen LogP contribution in [-0.2, 0) is 14.3 Å². The van der Waals surface area contributed by atoms with Gasteiger partial charge in [-0.25, -0.2) is 9.59 Å². The highest BCUT2D eigenvalue weighted by Crippen LogP contribution is 2.44. The van der Waals surface area contributed by atoms with Crippen molar-refractivity contribution in [1.82, 2.24) is 5.32 Å². The zero-order valence-corrected chi connectivity index (χ0v) is 18.0. The van der Waals surface area contributed by atoms with Crippen molar-refractivity contribution in [2.24, 2.45) is 0 Å². The summed E-state index contributed by atoms with van der Waals surface area (Å²) in [7, 11) is 1.19. The number of fused-ring (bicyclic) bond motifs is 3. The van der Waals surface area contributed by atoms with Crippen LogP contribution >= 0.6 is 0 Å². The smallest absolute Gasteiger partial charge is 0.411 e. The standard InChI is InChI=1S/C26H22N2O5/c1-16(25(30)32-2)27-24(29)21-13-7-8-14-23(21)28-26(31)33-15-22-19-11-5-3-9-17(19)18-10-4-6-12-20(18)22/h3-14,22H,1,15H2,2H3,(H,27,29)(H,28,31). The van der Waals surface area contributed by atoms with Gasteiger partial charge in [0, 0.05) is 5.92 Å². The molecule has 3 aromatic rings. The summed E-state index contributed by atoms with van der Waals surface area (Å²) < 4.78 is 10.1. The molecule has 7 heteroatoms. The van der Waals surface area contributed by atoms with E-state index in [-0.39, 0.29) is 29.5 Å². The third kappa shape index (κ3) is 4.48. The number of methoxy groups -OCH3 is 1. The fraction of sp³-hybridized carbons (Fsp3) is 0.115. The fourth-order valence-electron chi connectivity index (χ4n) is 3.91. The van der Waals surface area contributed by atoms with Gasteiger partial charge < -0.3 is 14.8 Å². The number of esters is 1. The second-order valence-electron chi connectivity index (χ2n) is 7.42. The summed E-state index contributed by atoms with van der Waals surface area (Å²) in [6.45, 7) is 3.62. The SMILES string of the molecule is C=C(NC(=O)c1ccccc1NC(=O)OCC1c2ccccc2-c2ccccc21)C(=O)OC. The number of anilines is 1. The first-order valence-corrected chi connectivity index (χ1v) is 10.3. The first kappa shape index (κ1) is 21.8. The lowest BCUT2D eigenvalue weighted by Gasteiger charge is -2.15. The van der Waals surface area contributed by atoms with Crippen LogP contribution in [0.15, 0.2) is 85.1 Å². The third-order valence-corrected chi connectivity index (χ3v) is 5.45. The quantitative estimate of drug-likeness (QED) is 0.434. The molecule has 33 heavy (non-hydrogen) atoms. The summed E-state index contributed by atoms with van der Waals surface area (Å²) in [6, 6.07) is 22.5. The van der Waals surface area contributed by atoms with E-state index in [1.54, 1.807) is 18.2 Å². The molecule has 0 aliphatic heterocycles. The van der Waals surface area contributed by atoms with Gasteiger partial charge in [-0.1, -0.05) is 67.2 Å². The Kier molecular flexibility index (Phi) is 6.22. The van der Waals surface area contributed by atoms with Gasteiger partial charge in [0.1, 0.15) is 12.3 Å². The zero-order valence-electron chi connectivity index (χ0n) is 18.0. The van der Waals surface area contributed by atoms with Gasteiger partial charge in [-0.2, -0.15) is 0 Å². The molecule has 0 heterocycles. The van der Waals surface area contributed by atoms with Crippen molar-refractivity contribution in [1.29, 1.82) is 0 Å². The van der Waals surface area contributed by atoms with E-state index in [0.29, 0.717) is 0 Å². The molecule has 1 aliphatic rings. The molecule has 0 saturated carbocycles. The van der Waals surface area contributed by atoms with Crippen LogP contribution in [-0.4, -0.2) is 31.7 Å². The van der Waals surface area contributed by atoms with E-state index in [2.05, 4.69) is 34.1 Å². The van der Waals surface area contributed by atoms with E-state index in [4.69, 9.17) is 4.74 Å². The van der Waals surface area contributed by atoms with Crippen LogP contribution in [0.2, 0.25) is 0 Å². The summed E-state index contributed by atoms with van der Waals surface area (Å²) in [4.78, 5) is 36.6. The molecule has 3 aromatic carbocycles. The second-order valence-corrected chi connectivity index (χ2v) is 7.42. The number of rotatable bonds is 6. The number of carbonyl (C=O) groups excluding carboxylic acids is 3. The van der Waals surface area contributed by atoms with E-state index < -0.39 is 18.0 Å². The molecule has 2 amide bonds. The minimum atomic E-state index is -0.759. The fourth-order valence-corrected chi connectivity index (χ4v) is 3.91. The molecular formula is C26H22N2O5. The molecule has 7 nitrogen and oxygen atoms in total. The van der Waals surface area contributed by atoms with Crippen molar-refractivity contribution < 1.29 is 23.9 Å². The molecule has 4 rings (SSSR count). The highest BCUT2D eigenvalue weighted by Gasteiger charge is 2.29. The van der Waals surface area contributed by atoms with Gasteiger partial charge in [0.05, 0.1) is 18.4 Å². The molecule has 2 N–H and O–H groups in total. The number of ether oxygens (including phenoxy) is 2. The number of amides is 2. The van der Waals surface area contributed by atoms with Gasteiger partial charge >= 0.3 is 12.1 Å². The van der Waals surface area contributed by atoms with Gasteiger partial charge in [0.25, 0.3) is 5.91 Å².